The summed E-state index contributed by atoms with van der Waals surface area (Å²) >= 11 is 0. The van der Waals surface area contributed by atoms with Crippen LogP contribution in [0, 0.1) is 5.92 Å². The lowest BCUT2D eigenvalue weighted by Gasteiger charge is -2.17. The molecule has 0 heterocycles. The van der Waals surface area contributed by atoms with Crippen LogP contribution < -0.4 is 10.6 Å². The van der Waals surface area contributed by atoms with Crippen molar-refractivity contribution in [3.63, 3.8) is 0 Å². The Balaban J connectivity index is 1.80. The lowest BCUT2D eigenvalue weighted by atomic mass is 10.2. The minimum absolute atomic E-state index is 0.553. The highest BCUT2D eigenvalue weighted by atomic mass is 15.2. The van der Waals surface area contributed by atoms with Gasteiger partial charge in [-0.2, -0.15) is 0 Å². The summed E-state index contributed by atoms with van der Waals surface area (Å²) in [7, 11) is 0. The molecule has 0 aromatic rings. The molecule has 0 spiro atoms. The van der Waals surface area contributed by atoms with Crippen LogP contribution in [0.4, 0.5) is 0 Å². The topological polar surface area (TPSA) is 36.4 Å². The summed E-state index contributed by atoms with van der Waals surface area (Å²) < 4.78 is 0. The van der Waals surface area contributed by atoms with E-state index in [0.717, 1.165) is 31.3 Å². The van der Waals surface area contributed by atoms with Gasteiger partial charge in [0.25, 0.3) is 0 Å². The molecule has 84 valence electrons. The number of hydrogen-bond acceptors (Lipinski definition) is 1. The van der Waals surface area contributed by atoms with Crippen LogP contribution in [0.25, 0.3) is 0 Å². The Labute approximate surface area is 92.0 Å². The van der Waals surface area contributed by atoms with Crippen LogP contribution in [0.1, 0.15) is 33.1 Å². The number of rotatable bonds is 3. The Kier molecular flexibility index (Phi) is 3.29. The van der Waals surface area contributed by atoms with Crippen LogP contribution >= 0.6 is 0 Å². The second-order valence-corrected chi connectivity index (χ2v) is 4.57. The first-order valence-corrected chi connectivity index (χ1v) is 6.02. The van der Waals surface area contributed by atoms with Gasteiger partial charge in [-0.15, -0.1) is 0 Å². The van der Waals surface area contributed by atoms with Gasteiger partial charge in [0, 0.05) is 18.6 Å². The molecule has 3 nitrogen and oxygen atoms in total. The van der Waals surface area contributed by atoms with Crippen molar-refractivity contribution in [2.75, 3.05) is 6.54 Å². The Hall–Kier alpha value is -0.990. The largest absolute Gasteiger partial charge is 0.353 e. The molecule has 0 aliphatic heterocycles. The standard InChI is InChI=1S/C12H21N3/c1-3-13-12(15-11-8-9(11)2)14-10-6-4-5-7-10/h4-5,9-11H,3,6-8H2,1-2H3,(H2,13,14,15). The fourth-order valence-corrected chi connectivity index (χ4v) is 1.92. The van der Waals surface area contributed by atoms with Gasteiger partial charge in [-0.05, 0) is 32.1 Å². The van der Waals surface area contributed by atoms with Crippen LogP contribution in [-0.4, -0.2) is 24.6 Å². The molecule has 2 aliphatic rings. The van der Waals surface area contributed by atoms with Crippen molar-refractivity contribution in [3.8, 4) is 0 Å². The molecule has 2 unspecified atom stereocenters. The summed E-state index contributed by atoms with van der Waals surface area (Å²) in [5.41, 5.74) is 0. The number of aliphatic imine (C=N–C) groups is 1. The van der Waals surface area contributed by atoms with Gasteiger partial charge in [0.15, 0.2) is 5.96 Å². The van der Waals surface area contributed by atoms with E-state index in [1.54, 1.807) is 0 Å². The SMILES string of the molecule is CCN=C(NC1CC=CC1)NC1CC1C. The van der Waals surface area contributed by atoms with E-state index in [9.17, 15) is 0 Å². The van der Waals surface area contributed by atoms with Crippen LogP contribution in [0.5, 0.6) is 0 Å². The molecule has 2 N–H and O–H groups in total. The second-order valence-electron chi connectivity index (χ2n) is 4.57. The third kappa shape index (κ3) is 2.98. The molecular formula is C12H21N3. The molecular weight excluding hydrogens is 186 g/mol. The molecule has 0 saturated heterocycles. The number of nitrogens with one attached hydrogen (secondary N) is 2. The highest BCUT2D eigenvalue weighted by Crippen LogP contribution is 2.28. The second kappa shape index (κ2) is 4.69. The maximum absolute atomic E-state index is 4.47. The Morgan fingerprint density at radius 3 is 2.53 bits per heavy atom. The van der Waals surface area contributed by atoms with E-state index >= 15 is 0 Å². The van der Waals surface area contributed by atoms with E-state index in [1.165, 1.54) is 6.42 Å². The van der Waals surface area contributed by atoms with Crippen molar-refractivity contribution in [2.24, 2.45) is 10.9 Å². The van der Waals surface area contributed by atoms with E-state index in [4.69, 9.17) is 0 Å². The predicted octanol–water partition coefficient (Wildman–Crippen LogP) is 1.67. The van der Waals surface area contributed by atoms with Crippen molar-refractivity contribution in [1.82, 2.24) is 10.6 Å². The zero-order chi connectivity index (χ0) is 10.7. The molecule has 0 aromatic heterocycles. The Morgan fingerprint density at radius 1 is 1.33 bits per heavy atom. The van der Waals surface area contributed by atoms with Crippen molar-refractivity contribution in [2.45, 2.75) is 45.2 Å². The highest BCUT2D eigenvalue weighted by Gasteiger charge is 2.33. The molecule has 3 heteroatoms. The number of guanidine groups is 1. The zero-order valence-electron chi connectivity index (χ0n) is 9.66. The molecule has 0 radical (unpaired) electrons. The minimum atomic E-state index is 0.553. The lowest BCUT2D eigenvalue weighted by molar-refractivity contribution is 0.627. The molecule has 0 bridgehead atoms. The molecule has 2 rings (SSSR count). The van der Waals surface area contributed by atoms with E-state index in [0.29, 0.717) is 12.1 Å². The van der Waals surface area contributed by atoms with Crippen LogP contribution in [0.15, 0.2) is 17.1 Å². The fraction of sp³-hybridized carbons (Fsp3) is 0.750. The average Bonchev–Trinajstić information content (AvgIpc) is 2.69. The van der Waals surface area contributed by atoms with Gasteiger partial charge >= 0.3 is 0 Å². The minimum Gasteiger partial charge on any atom is -0.353 e. The Morgan fingerprint density at radius 2 is 2.00 bits per heavy atom. The summed E-state index contributed by atoms with van der Waals surface area (Å²) in [6.07, 6.45) is 8.02. The maximum Gasteiger partial charge on any atom is 0.191 e. The van der Waals surface area contributed by atoms with E-state index < -0.39 is 0 Å². The van der Waals surface area contributed by atoms with E-state index in [-0.39, 0.29) is 0 Å². The summed E-state index contributed by atoms with van der Waals surface area (Å²) in [6, 6.07) is 1.20. The number of nitrogens with zero attached hydrogens (tertiary/aromatic N) is 1. The molecule has 2 atom stereocenters. The van der Waals surface area contributed by atoms with Crippen LogP contribution in [0.2, 0.25) is 0 Å². The maximum atomic E-state index is 4.47. The van der Waals surface area contributed by atoms with Gasteiger partial charge in [0.2, 0.25) is 0 Å². The molecule has 2 aliphatic carbocycles. The highest BCUT2D eigenvalue weighted by molar-refractivity contribution is 5.80. The summed E-state index contributed by atoms with van der Waals surface area (Å²) in [4.78, 5) is 4.47. The smallest absolute Gasteiger partial charge is 0.191 e. The first-order chi connectivity index (χ1) is 7.29. The van der Waals surface area contributed by atoms with Crippen LogP contribution in [-0.2, 0) is 0 Å². The first kappa shape index (κ1) is 10.5. The predicted molar refractivity (Wildman–Crippen MR) is 64.0 cm³/mol. The van der Waals surface area contributed by atoms with Crippen LogP contribution in [0.3, 0.4) is 0 Å². The van der Waals surface area contributed by atoms with Gasteiger partial charge in [0.05, 0.1) is 0 Å². The summed E-state index contributed by atoms with van der Waals surface area (Å²) in [5.74, 6) is 1.82. The molecule has 1 saturated carbocycles. The molecule has 0 amide bonds. The molecule has 15 heavy (non-hydrogen) atoms. The van der Waals surface area contributed by atoms with Crippen molar-refractivity contribution >= 4 is 5.96 Å². The first-order valence-electron chi connectivity index (χ1n) is 6.02. The van der Waals surface area contributed by atoms with E-state index in [2.05, 4.69) is 41.6 Å². The van der Waals surface area contributed by atoms with Gasteiger partial charge in [-0.25, -0.2) is 0 Å². The molecule has 1 fully saturated rings. The fourth-order valence-electron chi connectivity index (χ4n) is 1.92. The van der Waals surface area contributed by atoms with Crippen molar-refractivity contribution in [3.05, 3.63) is 12.2 Å². The quantitative estimate of drug-likeness (QED) is 0.419. The Bertz CT molecular complexity index is 262. The van der Waals surface area contributed by atoms with Gasteiger partial charge in [0.1, 0.15) is 0 Å². The van der Waals surface area contributed by atoms with Gasteiger partial charge < -0.3 is 10.6 Å². The van der Waals surface area contributed by atoms with Crippen molar-refractivity contribution < 1.29 is 0 Å². The third-order valence-electron chi connectivity index (χ3n) is 3.10. The lowest BCUT2D eigenvalue weighted by Crippen LogP contribution is -2.43. The van der Waals surface area contributed by atoms with Gasteiger partial charge in [-0.1, -0.05) is 19.1 Å². The number of hydrogen-bond donors (Lipinski definition) is 2. The summed E-state index contributed by atoms with van der Waals surface area (Å²) in [6.45, 7) is 5.20. The van der Waals surface area contributed by atoms with Gasteiger partial charge in [-0.3, -0.25) is 4.99 Å². The normalized spacial score (nSPS) is 30.7. The monoisotopic (exact) mass is 207 g/mol. The zero-order valence-corrected chi connectivity index (χ0v) is 9.66. The van der Waals surface area contributed by atoms with Crippen molar-refractivity contribution in [1.29, 1.82) is 0 Å². The summed E-state index contributed by atoms with van der Waals surface area (Å²) in [5, 5.41) is 6.96. The molecule has 0 aromatic carbocycles. The van der Waals surface area contributed by atoms with E-state index in [1.807, 2.05) is 0 Å². The average molecular weight is 207 g/mol. The third-order valence-corrected chi connectivity index (χ3v) is 3.10.